The normalized spacial score (nSPS) is 20.7. The van der Waals surface area contributed by atoms with Gasteiger partial charge in [0.05, 0.1) is 12.1 Å². The topological polar surface area (TPSA) is 29.5 Å². The monoisotopic (exact) mass is 399 g/mol. The molecule has 3 aromatic carbocycles. The van der Waals surface area contributed by atoms with Gasteiger partial charge in [-0.25, -0.2) is 0 Å². The summed E-state index contributed by atoms with van der Waals surface area (Å²) < 4.78 is 6.73. The van der Waals surface area contributed by atoms with Gasteiger partial charge in [0.1, 0.15) is 6.10 Å². The van der Waals surface area contributed by atoms with E-state index in [1.807, 2.05) is 42.5 Å². The van der Waals surface area contributed by atoms with E-state index < -0.39 is 0 Å². The van der Waals surface area contributed by atoms with Crippen LogP contribution in [-0.2, 0) is 4.74 Å². The van der Waals surface area contributed by atoms with Crippen molar-refractivity contribution in [1.29, 1.82) is 0 Å². The molecule has 0 aliphatic carbocycles. The van der Waals surface area contributed by atoms with Crippen molar-refractivity contribution in [2.24, 2.45) is 0 Å². The number of hydrogen-bond acceptors (Lipinski definition) is 3. The molecule has 1 aliphatic heterocycles. The molecule has 0 saturated heterocycles. The first kappa shape index (κ1) is 20.5. The highest BCUT2D eigenvalue weighted by molar-refractivity contribution is 5.96. The number of Topliss-reactive ketones (excluding diaryl/α,β-unsaturated/α-hetero) is 1. The number of ketones is 1. The molecule has 0 unspecified atom stereocenters. The third-order valence-corrected chi connectivity index (χ3v) is 6.06. The maximum absolute atomic E-state index is 13.0. The minimum absolute atomic E-state index is 0.114. The summed E-state index contributed by atoms with van der Waals surface area (Å²) in [4.78, 5) is 15.5. The van der Waals surface area contributed by atoms with Crippen molar-refractivity contribution in [2.45, 2.75) is 38.5 Å². The Balaban J connectivity index is 1.75. The molecule has 3 heteroatoms. The summed E-state index contributed by atoms with van der Waals surface area (Å²) in [6.45, 7) is 6.27. The third-order valence-electron chi connectivity index (χ3n) is 6.06. The quantitative estimate of drug-likeness (QED) is 0.446. The number of fused-ring (bicyclic) bond motifs is 1. The van der Waals surface area contributed by atoms with Crippen LogP contribution in [0, 0.1) is 0 Å². The number of carbonyl (C=O) groups is 1. The van der Waals surface area contributed by atoms with Gasteiger partial charge in [0.15, 0.2) is 5.78 Å². The Kier molecular flexibility index (Phi) is 6.41. The molecule has 1 aliphatic rings. The van der Waals surface area contributed by atoms with Crippen molar-refractivity contribution in [3.8, 4) is 0 Å². The van der Waals surface area contributed by atoms with E-state index in [4.69, 9.17) is 4.74 Å². The van der Waals surface area contributed by atoms with Crippen molar-refractivity contribution in [1.82, 2.24) is 4.90 Å². The third kappa shape index (κ3) is 4.09. The number of carbonyl (C=O) groups excluding carboxylic acids is 1. The van der Waals surface area contributed by atoms with Crippen LogP contribution in [0.2, 0.25) is 0 Å². The maximum Gasteiger partial charge on any atom is 0.165 e. The van der Waals surface area contributed by atoms with Crippen LogP contribution in [0.3, 0.4) is 0 Å². The summed E-state index contributed by atoms with van der Waals surface area (Å²) >= 11 is 0. The Morgan fingerprint density at radius 3 is 2.00 bits per heavy atom. The van der Waals surface area contributed by atoms with Gasteiger partial charge in [-0.15, -0.1) is 0 Å². The fourth-order valence-electron chi connectivity index (χ4n) is 4.54. The predicted molar refractivity (Wildman–Crippen MR) is 121 cm³/mol. The summed E-state index contributed by atoms with van der Waals surface area (Å²) in [5, 5.41) is 0. The minimum Gasteiger partial charge on any atom is -0.363 e. The van der Waals surface area contributed by atoms with Gasteiger partial charge in [-0.3, -0.25) is 9.69 Å². The van der Waals surface area contributed by atoms with Gasteiger partial charge in [-0.2, -0.15) is 0 Å². The highest BCUT2D eigenvalue weighted by Gasteiger charge is 2.39. The second-order valence-electron chi connectivity index (χ2n) is 7.74. The summed E-state index contributed by atoms with van der Waals surface area (Å²) in [5.41, 5.74) is 4.29. The first-order valence-corrected chi connectivity index (χ1v) is 10.8. The Labute approximate surface area is 179 Å². The van der Waals surface area contributed by atoms with E-state index in [0.29, 0.717) is 6.42 Å². The van der Waals surface area contributed by atoms with Crippen molar-refractivity contribution >= 4 is 5.78 Å². The zero-order valence-corrected chi connectivity index (χ0v) is 17.7. The van der Waals surface area contributed by atoms with E-state index >= 15 is 0 Å². The first-order valence-electron chi connectivity index (χ1n) is 10.8. The lowest BCUT2D eigenvalue weighted by molar-refractivity contribution is -0.0791. The molecule has 154 valence electrons. The van der Waals surface area contributed by atoms with E-state index in [-0.39, 0.29) is 24.0 Å². The van der Waals surface area contributed by atoms with Crippen LogP contribution in [0.5, 0.6) is 0 Å². The number of ether oxygens (including phenoxy) is 1. The number of rotatable bonds is 7. The van der Waals surface area contributed by atoms with Gasteiger partial charge in [-0.1, -0.05) is 98.8 Å². The zero-order valence-electron chi connectivity index (χ0n) is 17.7. The second-order valence-corrected chi connectivity index (χ2v) is 7.74. The van der Waals surface area contributed by atoms with Gasteiger partial charge in [0.2, 0.25) is 0 Å². The molecule has 0 saturated carbocycles. The number of nitrogens with zero attached hydrogens (tertiary/aromatic N) is 1. The summed E-state index contributed by atoms with van der Waals surface area (Å²) in [6.07, 6.45) is -0.0319. The van der Waals surface area contributed by atoms with Gasteiger partial charge in [0, 0.05) is 12.0 Å². The molecule has 0 fully saturated rings. The van der Waals surface area contributed by atoms with Gasteiger partial charge in [0.25, 0.3) is 0 Å². The minimum atomic E-state index is -0.258. The molecule has 1 heterocycles. The maximum atomic E-state index is 13.0. The highest BCUT2D eigenvalue weighted by Crippen LogP contribution is 2.48. The zero-order chi connectivity index (χ0) is 20.9. The van der Waals surface area contributed by atoms with Gasteiger partial charge < -0.3 is 4.74 Å². The molecule has 0 aromatic heterocycles. The van der Waals surface area contributed by atoms with Gasteiger partial charge >= 0.3 is 0 Å². The average molecular weight is 400 g/mol. The lowest BCUT2D eigenvalue weighted by Crippen LogP contribution is -2.38. The number of hydrogen-bond donors (Lipinski definition) is 0. The molecule has 0 N–H and O–H groups in total. The summed E-state index contributed by atoms with van der Waals surface area (Å²) in [5.74, 6) is 0.114. The van der Waals surface area contributed by atoms with Crippen molar-refractivity contribution in [3.05, 3.63) is 107 Å². The van der Waals surface area contributed by atoms with Crippen LogP contribution in [0.1, 0.15) is 65.6 Å². The predicted octanol–water partition coefficient (Wildman–Crippen LogP) is 6.16. The molecular formula is C27H29NO2. The van der Waals surface area contributed by atoms with E-state index in [0.717, 1.165) is 29.8 Å². The van der Waals surface area contributed by atoms with E-state index in [9.17, 15) is 4.79 Å². The van der Waals surface area contributed by atoms with Crippen LogP contribution >= 0.6 is 0 Å². The van der Waals surface area contributed by atoms with Crippen LogP contribution in [0.25, 0.3) is 0 Å². The van der Waals surface area contributed by atoms with E-state index in [1.54, 1.807) is 0 Å². The van der Waals surface area contributed by atoms with Gasteiger partial charge in [-0.05, 0) is 29.8 Å². The molecule has 0 radical (unpaired) electrons. The summed E-state index contributed by atoms with van der Waals surface area (Å²) in [7, 11) is 0. The number of benzene rings is 3. The lowest BCUT2D eigenvalue weighted by atomic mass is 9.84. The SMILES string of the molecule is CCN(CC)[C@H]1c2ccccc2[C@H](CC(=O)c2ccccc2)O[C@@H]1c1ccccc1. The van der Waals surface area contributed by atoms with Crippen LogP contribution in [0.4, 0.5) is 0 Å². The first-order chi connectivity index (χ1) is 14.7. The second kappa shape index (κ2) is 9.38. The fourth-order valence-corrected chi connectivity index (χ4v) is 4.54. The van der Waals surface area contributed by atoms with Crippen LogP contribution in [-0.4, -0.2) is 23.8 Å². The Hall–Kier alpha value is -2.75. The molecule has 0 amide bonds. The standard InChI is InChI=1S/C27H29NO2/c1-3-28(4-2)26-23-18-12-11-17-22(23)25(19-24(29)20-13-7-5-8-14-20)30-27(26)21-15-9-6-10-16-21/h5-18,25-27H,3-4,19H2,1-2H3/t25-,26-,27+/m0/s1. The molecule has 4 rings (SSSR count). The molecule has 30 heavy (non-hydrogen) atoms. The van der Waals surface area contributed by atoms with Crippen molar-refractivity contribution in [2.75, 3.05) is 13.1 Å². The van der Waals surface area contributed by atoms with Crippen molar-refractivity contribution in [3.63, 3.8) is 0 Å². The molecular weight excluding hydrogens is 370 g/mol. The van der Waals surface area contributed by atoms with Crippen LogP contribution in [0.15, 0.2) is 84.9 Å². The summed E-state index contributed by atoms with van der Waals surface area (Å²) in [6, 6.07) is 28.5. The molecule has 3 atom stereocenters. The fraction of sp³-hybridized carbons (Fsp3) is 0.296. The highest BCUT2D eigenvalue weighted by atomic mass is 16.5. The Morgan fingerprint density at radius 1 is 0.800 bits per heavy atom. The van der Waals surface area contributed by atoms with Crippen LogP contribution < -0.4 is 0 Å². The lowest BCUT2D eigenvalue weighted by Gasteiger charge is -2.43. The Bertz CT molecular complexity index is 966. The molecule has 0 spiro atoms. The van der Waals surface area contributed by atoms with E-state index in [2.05, 4.69) is 61.2 Å². The molecule has 3 nitrogen and oxygen atoms in total. The smallest absolute Gasteiger partial charge is 0.165 e. The molecule has 0 bridgehead atoms. The average Bonchev–Trinajstić information content (AvgIpc) is 2.82. The Morgan fingerprint density at radius 2 is 1.37 bits per heavy atom. The van der Waals surface area contributed by atoms with E-state index in [1.165, 1.54) is 5.56 Å². The molecule has 3 aromatic rings. The van der Waals surface area contributed by atoms with Crippen molar-refractivity contribution < 1.29 is 9.53 Å². The largest absolute Gasteiger partial charge is 0.363 e. The number of likely N-dealkylation sites (N-methyl/N-ethyl adjacent to an activating group) is 1.